The molecule has 27 heavy (non-hydrogen) atoms. The molecule has 1 aliphatic heterocycles. The number of carbonyl (C=O) groups excluding carboxylic acids is 1. The zero-order valence-electron chi connectivity index (χ0n) is 15.8. The fourth-order valence-corrected chi connectivity index (χ4v) is 3.86. The number of furan rings is 1. The minimum absolute atomic E-state index is 0.0580. The number of rotatable bonds is 6. The van der Waals surface area contributed by atoms with Gasteiger partial charge in [0.25, 0.3) is 0 Å². The van der Waals surface area contributed by atoms with Crippen molar-refractivity contribution in [3.8, 4) is 0 Å². The molecular formula is C22H25N3O2. The van der Waals surface area contributed by atoms with Gasteiger partial charge >= 0.3 is 0 Å². The third-order valence-corrected chi connectivity index (χ3v) is 5.30. The largest absolute Gasteiger partial charge is 0.469 e. The van der Waals surface area contributed by atoms with E-state index in [4.69, 9.17) is 4.42 Å². The molecule has 3 heterocycles. The van der Waals surface area contributed by atoms with Crippen molar-refractivity contribution >= 4 is 5.91 Å². The van der Waals surface area contributed by atoms with E-state index in [1.54, 1.807) is 6.26 Å². The Morgan fingerprint density at radius 3 is 2.59 bits per heavy atom. The fourth-order valence-electron chi connectivity index (χ4n) is 3.86. The van der Waals surface area contributed by atoms with E-state index in [1.807, 2.05) is 46.8 Å². The van der Waals surface area contributed by atoms with Crippen LogP contribution in [0.4, 0.5) is 0 Å². The van der Waals surface area contributed by atoms with Gasteiger partial charge in [-0.05, 0) is 44.0 Å². The summed E-state index contributed by atoms with van der Waals surface area (Å²) in [5, 5.41) is 4.55. The highest BCUT2D eigenvalue weighted by Crippen LogP contribution is 2.29. The van der Waals surface area contributed by atoms with Gasteiger partial charge in [0, 0.05) is 31.1 Å². The number of benzene rings is 1. The molecule has 1 aliphatic rings. The molecule has 0 aliphatic carbocycles. The molecule has 0 radical (unpaired) electrons. The van der Waals surface area contributed by atoms with E-state index < -0.39 is 0 Å². The van der Waals surface area contributed by atoms with E-state index in [1.165, 1.54) is 5.56 Å². The maximum Gasteiger partial charge on any atom is 0.223 e. The van der Waals surface area contributed by atoms with Crippen molar-refractivity contribution in [2.75, 3.05) is 13.1 Å². The average Bonchev–Trinajstić information content (AvgIpc) is 3.24. The molecular weight excluding hydrogens is 338 g/mol. The molecule has 0 saturated carbocycles. The summed E-state index contributed by atoms with van der Waals surface area (Å²) in [7, 11) is 0. The summed E-state index contributed by atoms with van der Waals surface area (Å²) in [5.74, 6) is 1.12. The molecule has 1 aromatic carbocycles. The molecule has 4 rings (SSSR count). The second-order valence-electron chi connectivity index (χ2n) is 7.43. The highest BCUT2D eigenvalue weighted by Gasteiger charge is 2.34. The van der Waals surface area contributed by atoms with Crippen molar-refractivity contribution in [1.82, 2.24) is 14.7 Å². The van der Waals surface area contributed by atoms with Crippen molar-refractivity contribution in [2.24, 2.45) is 0 Å². The number of hydrogen-bond donors (Lipinski definition) is 0. The number of carbonyl (C=O) groups is 1. The second-order valence-corrected chi connectivity index (χ2v) is 7.43. The standard InChI is InChI=1S/C22H25N3O2/c1-16-11-17(2)25(23-16)20-14-24(15-20)22(26)13-19(21-9-6-10-27-21)12-18-7-4-3-5-8-18/h3-11,19-20H,12-15H2,1-2H3. The van der Waals surface area contributed by atoms with Gasteiger partial charge in [-0.15, -0.1) is 0 Å². The first kappa shape index (κ1) is 17.6. The Morgan fingerprint density at radius 2 is 1.96 bits per heavy atom. The number of aromatic nitrogens is 2. The summed E-state index contributed by atoms with van der Waals surface area (Å²) in [4.78, 5) is 14.8. The quantitative estimate of drug-likeness (QED) is 0.667. The smallest absolute Gasteiger partial charge is 0.223 e. The number of hydrogen-bond acceptors (Lipinski definition) is 3. The monoisotopic (exact) mass is 363 g/mol. The minimum atomic E-state index is 0.0580. The predicted molar refractivity (Wildman–Crippen MR) is 104 cm³/mol. The summed E-state index contributed by atoms with van der Waals surface area (Å²) in [6.45, 7) is 5.54. The van der Waals surface area contributed by atoms with E-state index in [2.05, 4.69) is 30.2 Å². The first-order valence-electron chi connectivity index (χ1n) is 9.48. The van der Waals surface area contributed by atoms with Crippen LogP contribution in [-0.4, -0.2) is 33.7 Å². The first-order chi connectivity index (χ1) is 13.1. The summed E-state index contributed by atoms with van der Waals surface area (Å²) < 4.78 is 7.67. The van der Waals surface area contributed by atoms with E-state index in [0.29, 0.717) is 12.5 Å². The lowest BCUT2D eigenvalue weighted by Crippen LogP contribution is -2.51. The molecule has 0 bridgehead atoms. The minimum Gasteiger partial charge on any atom is -0.469 e. The molecule has 1 saturated heterocycles. The fraction of sp³-hybridized carbons (Fsp3) is 0.364. The number of likely N-dealkylation sites (tertiary alicyclic amines) is 1. The van der Waals surface area contributed by atoms with Crippen LogP contribution in [0.25, 0.3) is 0 Å². The van der Waals surface area contributed by atoms with Gasteiger partial charge in [-0.2, -0.15) is 5.10 Å². The number of aryl methyl sites for hydroxylation is 2. The Bertz CT molecular complexity index is 893. The van der Waals surface area contributed by atoms with Crippen molar-refractivity contribution < 1.29 is 9.21 Å². The molecule has 1 atom stereocenters. The molecule has 2 aromatic heterocycles. The second kappa shape index (κ2) is 7.43. The molecule has 5 heteroatoms. The Morgan fingerprint density at radius 1 is 1.19 bits per heavy atom. The molecule has 1 fully saturated rings. The lowest BCUT2D eigenvalue weighted by atomic mass is 9.92. The van der Waals surface area contributed by atoms with E-state index in [-0.39, 0.29) is 11.8 Å². The normalized spacial score (nSPS) is 15.6. The Labute approximate surface area is 159 Å². The van der Waals surface area contributed by atoms with Crippen LogP contribution < -0.4 is 0 Å². The van der Waals surface area contributed by atoms with Crippen molar-refractivity contribution in [2.45, 2.75) is 38.6 Å². The molecule has 1 amide bonds. The van der Waals surface area contributed by atoms with Crippen molar-refractivity contribution in [3.63, 3.8) is 0 Å². The highest BCUT2D eigenvalue weighted by molar-refractivity contribution is 5.78. The highest BCUT2D eigenvalue weighted by atomic mass is 16.3. The van der Waals surface area contributed by atoms with Gasteiger partial charge in [0.2, 0.25) is 5.91 Å². The van der Waals surface area contributed by atoms with Crippen molar-refractivity contribution in [1.29, 1.82) is 0 Å². The SMILES string of the molecule is Cc1cc(C)n(C2CN(C(=O)CC(Cc3ccccc3)c3ccco3)C2)n1. The van der Waals surface area contributed by atoms with E-state index in [9.17, 15) is 4.79 Å². The zero-order chi connectivity index (χ0) is 18.8. The van der Waals surface area contributed by atoms with Gasteiger partial charge < -0.3 is 9.32 Å². The van der Waals surface area contributed by atoms with Crippen LogP contribution in [0.2, 0.25) is 0 Å². The zero-order valence-corrected chi connectivity index (χ0v) is 15.8. The van der Waals surface area contributed by atoms with Gasteiger partial charge in [0.1, 0.15) is 5.76 Å². The first-order valence-corrected chi connectivity index (χ1v) is 9.48. The third kappa shape index (κ3) is 3.82. The Balaban J connectivity index is 1.40. The number of amides is 1. The van der Waals surface area contributed by atoms with Gasteiger partial charge in [0.15, 0.2) is 0 Å². The van der Waals surface area contributed by atoms with E-state index >= 15 is 0 Å². The topological polar surface area (TPSA) is 51.3 Å². The number of nitrogens with zero attached hydrogens (tertiary/aromatic N) is 3. The van der Waals surface area contributed by atoms with Crippen LogP contribution in [0.1, 0.15) is 41.1 Å². The van der Waals surface area contributed by atoms with Gasteiger partial charge in [-0.25, -0.2) is 0 Å². The predicted octanol–water partition coefficient (Wildman–Crippen LogP) is 3.89. The van der Waals surface area contributed by atoms with Crippen LogP contribution in [0.5, 0.6) is 0 Å². The van der Waals surface area contributed by atoms with Crippen LogP contribution >= 0.6 is 0 Å². The van der Waals surface area contributed by atoms with Crippen LogP contribution in [0, 0.1) is 13.8 Å². The summed E-state index contributed by atoms with van der Waals surface area (Å²) in [6.07, 6.45) is 2.95. The molecule has 1 unspecified atom stereocenters. The lowest BCUT2D eigenvalue weighted by molar-refractivity contribution is -0.137. The molecule has 0 N–H and O–H groups in total. The Hall–Kier alpha value is -2.82. The van der Waals surface area contributed by atoms with Gasteiger partial charge in [-0.3, -0.25) is 9.48 Å². The van der Waals surface area contributed by atoms with E-state index in [0.717, 1.165) is 36.7 Å². The third-order valence-electron chi connectivity index (χ3n) is 5.30. The maximum absolute atomic E-state index is 12.8. The summed E-state index contributed by atoms with van der Waals surface area (Å²) in [6, 6.07) is 16.5. The van der Waals surface area contributed by atoms with Crippen LogP contribution in [0.15, 0.2) is 59.2 Å². The summed E-state index contributed by atoms with van der Waals surface area (Å²) >= 11 is 0. The average molecular weight is 363 g/mol. The molecule has 3 aromatic rings. The Kier molecular flexibility index (Phi) is 4.84. The van der Waals surface area contributed by atoms with Crippen molar-refractivity contribution in [3.05, 3.63) is 77.5 Å². The molecule has 140 valence electrons. The lowest BCUT2D eigenvalue weighted by Gasteiger charge is -2.40. The molecule has 0 spiro atoms. The summed E-state index contributed by atoms with van der Waals surface area (Å²) in [5.41, 5.74) is 3.40. The molecule has 5 nitrogen and oxygen atoms in total. The van der Waals surface area contributed by atoms with Crippen LogP contribution in [-0.2, 0) is 11.2 Å². The van der Waals surface area contributed by atoms with Crippen LogP contribution in [0.3, 0.4) is 0 Å². The maximum atomic E-state index is 12.8. The van der Waals surface area contributed by atoms with Gasteiger partial charge in [0.05, 0.1) is 18.0 Å². The van der Waals surface area contributed by atoms with Gasteiger partial charge in [-0.1, -0.05) is 30.3 Å².